The molecular weight excluding hydrogens is 276 g/mol. The summed E-state index contributed by atoms with van der Waals surface area (Å²) in [4.78, 5) is 0.215. The predicted molar refractivity (Wildman–Crippen MR) is 81.2 cm³/mol. The second kappa shape index (κ2) is 7.61. The number of hydrogen-bond acceptors (Lipinski definition) is 4. The minimum absolute atomic E-state index is 0.215. The number of sulfonamides is 1. The van der Waals surface area contributed by atoms with Crippen molar-refractivity contribution in [1.82, 2.24) is 4.72 Å². The van der Waals surface area contributed by atoms with Crippen LogP contribution in [0.5, 0.6) is 0 Å². The van der Waals surface area contributed by atoms with Gasteiger partial charge in [-0.2, -0.15) is 0 Å². The Kier molecular flexibility index (Phi) is 6.45. The van der Waals surface area contributed by atoms with Crippen molar-refractivity contribution in [3.8, 4) is 0 Å². The summed E-state index contributed by atoms with van der Waals surface area (Å²) in [5.41, 5.74) is 8.10. The van der Waals surface area contributed by atoms with Gasteiger partial charge in [-0.15, -0.1) is 0 Å². The lowest BCUT2D eigenvalue weighted by Gasteiger charge is -2.11. The van der Waals surface area contributed by atoms with Crippen LogP contribution < -0.4 is 10.5 Å². The number of rotatable bonds is 8. The molecule has 1 aromatic rings. The number of nitrogens with one attached hydrogen (secondary N) is 1. The van der Waals surface area contributed by atoms with Crippen LogP contribution in [0.4, 0.5) is 5.69 Å². The van der Waals surface area contributed by atoms with Crippen LogP contribution in [0, 0.1) is 13.8 Å². The smallest absolute Gasteiger partial charge is 0.240 e. The average molecular weight is 300 g/mol. The molecule has 0 saturated carbocycles. The maximum Gasteiger partial charge on any atom is 0.240 e. The summed E-state index contributed by atoms with van der Waals surface area (Å²) in [6, 6.07) is 3.14. The number of benzene rings is 1. The first kappa shape index (κ1) is 16.9. The quantitative estimate of drug-likeness (QED) is 0.568. The fourth-order valence-corrected chi connectivity index (χ4v) is 2.91. The lowest BCUT2D eigenvalue weighted by molar-refractivity contribution is 0.133. The Balaban J connectivity index is 2.61. The summed E-state index contributed by atoms with van der Waals surface area (Å²) in [5.74, 6) is 0. The van der Waals surface area contributed by atoms with Crippen molar-refractivity contribution in [2.75, 3.05) is 25.5 Å². The third-order valence-electron chi connectivity index (χ3n) is 3.10. The van der Waals surface area contributed by atoms with Gasteiger partial charge in [-0.3, -0.25) is 0 Å². The highest BCUT2D eigenvalue weighted by atomic mass is 32.2. The molecule has 0 fully saturated rings. The second-order valence-electron chi connectivity index (χ2n) is 4.82. The number of hydrogen-bond donors (Lipinski definition) is 2. The third kappa shape index (κ3) is 4.77. The lowest BCUT2D eigenvalue weighted by Crippen LogP contribution is -2.26. The average Bonchev–Trinajstić information content (AvgIpc) is 2.39. The molecule has 0 atom stereocenters. The molecule has 5 nitrogen and oxygen atoms in total. The molecule has 0 heterocycles. The summed E-state index contributed by atoms with van der Waals surface area (Å²) in [5, 5.41) is 0. The van der Waals surface area contributed by atoms with Crippen molar-refractivity contribution in [2.45, 2.75) is 38.5 Å². The predicted octanol–water partition coefficient (Wildman–Crippen LogP) is 1.98. The van der Waals surface area contributed by atoms with E-state index in [0.717, 1.165) is 17.5 Å². The van der Waals surface area contributed by atoms with Crippen molar-refractivity contribution < 1.29 is 13.2 Å². The molecule has 0 aliphatic heterocycles. The summed E-state index contributed by atoms with van der Waals surface area (Å²) < 4.78 is 32.1. The van der Waals surface area contributed by atoms with E-state index in [9.17, 15) is 8.42 Å². The molecule has 114 valence electrons. The fraction of sp³-hybridized carbons (Fsp3) is 0.571. The van der Waals surface area contributed by atoms with Crippen LogP contribution >= 0.6 is 0 Å². The van der Waals surface area contributed by atoms with Crippen LogP contribution in [0.1, 0.15) is 30.9 Å². The van der Waals surface area contributed by atoms with Gasteiger partial charge in [0.05, 0.1) is 4.90 Å². The zero-order chi connectivity index (χ0) is 15.2. The van der Waals surface area contributed by atoms with E-state index in [0.29, 0.717) is 31.9 Å². The number of aryl methyl sites for hydroxylation is 1. The molecule has 0 amide bonds. The molecule has 3 N–H and O–H groups in total. The van der Waals surface area contributed by atoms with Gasteiger partial charge >= 0.3 is 0 Å². The molecule has 0 aliphatic carbocycles. The van der Waals surface area contributed by atoms with Gasteiger partial charge in [0.1, 0.15) is 0 Å². The van der Waals surface area contributed by atoms with E-state index in [1.165, 1.54) is 6.07 Å². The van der Waals surface area contributed by atoms with Crippen molar-refractivity contribution >= 4 is 15.7 Å². The van der Waals surface area contributed by atoms with Gasteiger partial charge in [-0.25, -0.2) is 13.1 Å². The van der Waals surface area contributed by atoms with E-state index in [-0.39, 0.29) is 4.90 Å². The summed E-state index contributed by atoms with van der Waals surface area (Å²) in [6.45, 7) is 7.39. The van der Waals surface area contributed by atoms with E-state index >= 15 is 0 Å². The Morgan fingerprint density at radius 3 is 2.55 bits per heavy atom. The van der Waals surface area contributed by atoms with Gasteiger partial charge in [0, 0.05) is 25.4 Å². The van der Waals surface area contributed by atoms with Crippen LogP contribution in [-0.4, -0.2) is 28.2 Å². The van der Waals surface area contributed by atoms with E-state index in [2.05, 4.69) is 4.72 Å². The molecule has 0 aromatic heterocycles. The van der Waals surface area contributed by atoms with Crippen molar-refractivity contribution in [3.63, 3.8) is 0 Å². The van der Waals surface area contributed by atoms with Crippen LogP contribution in [0.3, 0.4) is 0 Å². The third-order valence-corrected chi connectivity index (χ3v) is 4.54. The van der Waals surface area contributed by atoms with Crippen molar-refractivity contribution in [1.29, 1.82) is 0 Å². The molecule has 1 aromatic carbocycles. The highest BCUT2D eigenvalue weighted by Gasteiger charge is 2.15. The summed E-state index contributed by atoms with van der Waals surface area (Å²) in [6.07, 6.45) is 1.62. The first-order chi connectivity index (χ1) is 9.38. The van der Waals surface area contributed by atoms with Gasteiger partial charge in [-0.05, 0) is 49.9 Å². The van der Waals surface area contributed by atoms with Gasteiger partial charge < -0.3 is 10.5 Å². The lowest BCUT2D eigenvalue weighted by atomic mass is 10.1. The molecule has 6 heteroatoms. The molecule has 0 unspecified atom stereocenters. The Labute approximate surface area is 121 Å². The Morgan fingerprint density at radius 1 is 1.25 bits per heavy atom. The number of ether oxygens (including phenoxy) is 1. The molecule has 20 heavy (non-hydrogen) atoms. The fourth-order valence-electron chi connectivity index (χ4n) is 1.72. The number of nitrogens with two attached hydrogens (primary N) is 1. The zero-order valence-electron chi connectivity index (χ0n) is 12.4. The zero-order valence-corrected chi connectivity index (χ0v) is 13.2. The van der Waals surface area contributed by atoms with Crippen LogP contribution in [0.2, 0.25) is 0 Å². The first-order valence-corrected chi connectivity index (χ1v) is 8.31. The maximum absolute atomic E-state index is 12.1. The largest absolute Gasteiger partial charge is 0.398 e. The second-order valence-corrected chi connectivity index (χ2v) is 6.59. The molecule has 0 aliphatic rings. The summed E-state index contributed by atoms with van der Waals surface area (Å²) >= 11 is 0. The van der Waals surface area contributed by atoms with Crippen LogP contribution in [0.25, 0.3) is 0 Å². The minimum atomic E-state index is -3.50. The molecule has 0 spiro atoms. The van der Waals surface area contributed by atoms with Crippen LogP contribution in [-0.2, 0) is 14.8 Å². The Bertz CT molecular complexity index is 518. The maximum atomic E-state index is 12.1. The highest BCUT2D eigenvalue weighted by Crippen LogP contribution is 2.21. The molecule has 0 bridgehead atoms. The van der Waals surface area contributed by atoms with E-state index in [1.807, 2.05) is 20.8 Å². The standard InChI is InChI=1S/C14H24N2O3S/c1-4-7-19-8-5-6-16-20(17,18)13-9-11(2)12(3)14(15)10-13/h9-10,16H,4-8,15H2,1-3H3. The Morgan fingerprint density at radius 2 is 1.95 bits per heavy atom. The van der Waals surface area contributed by atoms with E-state index < -0.39 is 10.0 Å². The normalized spacial score (nSPS) is 11.8. The van der Waals surface area contributed by atoms with E-state index in [4.69, 9.17) is 10.5 Å². The SMILES string of the molecule is CCCOCCCNS(=O)(=O)c1cc(C)c(C)c(N)c1. The van der Waals surface area contributed by atoms with Crippen molar-refractivity contribution in [3.05, 3.63) is 23.3 Å². The van der Waals surface area contributed by atoms with E-state index in [1.54, 1.807) is 6.07 Å². The van der Waals surface area contributed by atoms with Crippen molar-refractivity contribution in [2.24, 2.45) is 0 Å². The first-order valence-electron chi connectivity index (χ1n) is 6.82. The molecule has 1 rings (SSSR count). The summed E-state index contributed by atoms with van der Waals surface area (Å²) in [7, 11) is -3.50. The highest BCUT2D eigenvalue weighted by molar-refractivity contribution is 7.89. The Hall–Kier alpha value is -1.11. The van der Waals surface area contributed by atoms with Gasteiger partial charge in [0.2, 0.25) is 10.0 Å². The molecule has 0 radical (unpaired) electrons. The number of nitrogen functional groups attached to an aromatic ring is 1. The molecular formula is C14H24N2O3S. The van der Waals surface area contributed by atoms with Gasteiger partial charge in [-0.1, -0.05) is 6.92 Å². The van der Waals surface area contributed by atoms with Gasteiger partial charge in [0.15, 0.2) is 0 Å². The number of anilines is 1. The molecule has 0 saturated heterocycles. The van der Waals surface area contributed by atoms with Crippen LogP contribution in [0.15, 0.2) is 17.0 Å². The topological polar surface area (TPSA) is 81.4 Å². The van der Waals surface area contributed by atoms with Gasteiger partial charge in [0.25, 0.3) is 0 Å². The minimum Gasteiger partial charge on any atom is -0.398 e. The monoisotopic (exact) mass is 300 g/mol.